The van der Waals surface area contributed by atoms with Crippen molar-refractivity contribution in [1.82, 2.24) is 14.8 Å². The van der Waals surface area contributed by atoms with Crippen LogP contribution < -0.4 is 4.74 Å². The molecule has 1 saturated heterocycles. The molecule has 28 heavy (non-hydrogen) atoms. The predicted octanol–water partition coefficient (Wildman–Crippen LogP) is 2.56. The molecule has 7 nitrogen and oxygen atoms in total. The van der Waals surface area contributed by atoms with Crippen LogP contribution in [0.4, 0.5) is 0 Å². The molecule has 0 saturated carbocycles. The summed E-state index contributed by atoms with van der Waals surface area (Å²) >= 11 is 0. The van der Waals surface area contributed by atoms with Gasteiger partial charge in [-0.05, 0) is 51.4 Å². The van der Waals surface area contributed by atoms with E-state index in [0.717, 1.165) is 35.9 Å². The summed E-state index contributed by atoms with van der Waals surface area (Å²) in [7, 11) is 3.45. The second kappa shape index (κ2) is 8.56. The molecule has 1 N–H and O–H groups in total. The summed E-state index contributed by atoms with van der Waals surface area (Å²) in [5, 5.41) is 9.91. The van der Waals surface area contributed by atoms with Gasteiger partial charge in [-0.3, -0.25) is 19.5 Å². The van der Waals surface area contributed by atoms with Gasteiger partial charge in [0.25, 0.3) is 5.91 Å². The van der Waals surface area contributed by atoms with Crippen LogP contribution in [-0.4, -0.2) is 71.6 Å². The van der Waals surface area contributed by atoms with Gasteiger partial charge in [0.1, 0.15) is 5.75 Å². The number of likely N-dealkylation sites (tertiary alicyclic amines) is 1. The number of ether oxygens (including phenoxy) is 1. The number of likely N-dealkylation sites (N-methyl/N-ethyl adjacent to an activating group) is 1. The first kappa shape index (κ1) is 20.1. The fourth-order valence-electron chi connectivity index (χ4n) is 3.82. The van der Waals surface area contributed by atoms with E-state index in [0.29, 0.717) is 24.3 Å². The van der Waals surface area contributed by atoms with E-state index >= 15 is 0 Å². The number of nitrogens with zero attached hydrogens (tertiary/aromatic N) is 3. The molecular weight excluding hydrogens is 358 g/mol. The molecule has 0 radical (unpaired) electrons. The SMILES string of the molecule is COc1ccc2cc(C(=O)N3CCCC(N(C)CC(=O)O)CC3)c(C)nc2c1. The molecule has 1 aromatic heterocycles. The van der Waals surface area contributed by atoms with Gasteiger partial charge in [0, 0.05) is 30.6 Å². The Kier molecular flexibility index (Phi) is 6.14. The van der Waals surface area contributed by atoms with Crippen molar-refractivity contribution in [1.29, 1.82) is 0 Å². The molecule has 1 aromatic carbocycles. The first-order valence-electron chi connectivity index (χ1n) is 9.55. The molecule has 2 aromatic rings. The van der Waals surface area contributed by atoms with Crippen molar-refractivity contribution in [2.75, 3.05) is 33.8 Å². The molecule has 7 heteroatoms. The Balaban J connectivity index is 1.76. The number of hydrogen-bond acceptors (Lipinski definition) is 5. The van der Waals surface area contributed by atoms with E-state index in [1.54, 1.807) is 7.11 Å². The van der Waals surface area contributed by atoms with E-state index < -0.39 is 5.97 Å². The lowest BCUT2D eigenvalue weighted by Crippen LogP contribution is -2.37. The highest BCUT2D eigenvalue weighted by molar-refractivity contribution is 5.98. The van der Waals surface area contributed by atoms with Gasteiger partial charge < -0.3 is 14.7 Å². The Labute approximate surface area is 164 Å². The molecule has 1 amide bonds. The Hall–Kier alpha value is -2.67. The summed E-state index contributed by atoms with van der Waals surface area (Å²) in [5.74, 6) is -0.0963. The minimum Gasteiger partial charge on any atom is -0.497 e. The van der Waals surface area contributed by atoms with Gasteiger partial charge >= 0.3 is 5.97 Å². The summed E-state index contributed by atoms with van der Waals surface area (Å²) < 4.78 is 5.25. The molecule has 1 aliphatic heterocycles. The fraction of sp³-hybridized carbons (Fsp3) is 0.476. The van der Waals surface area contributed by atoms with Gasteiger partial charge in [-0.2, -0.15) is 0 Å². The first-order chi connectivity index (χ1) is 13.4. The van der Waals surface area contributed by atoms with Crippen LogP contribution in [0.25, 0.3) is 10.9 Å². The first-order valence-corrected chi connectivity index (χ1v) is 9.55. The van der Waals surface area contributed by atoms with Crippen LogP contribution in [-0.2, 0) is 4.79 Å². The number of aliphatic carboxylic acids is 1. The molecule has 1 unspecified atom stereocenters. The van der Waals surface area contributed by atoms with Gasteiger partial charge in [-0.25, -0.2) is 0 Å². The monoisotopic (exact) mass is 385 g/mol. The lowest BCUT2D eigenvalue weighted by atomic mass is 10.1. The Bertz CT molecular complexity index is 883. The zero-order chi connectivity index (χ0) is 20.3. The maximum atomic E-state index is 13.1. The molecule has 0 spiro atoms. The van der Waals surface area contributed by atoms with Crippen LogP contribution in [0.2, 0.25) is 0 Å². The zero-order valence-corrected chi connectivity index (χ0v) is 16.6. The average Bonchev–Trinajstić information content (AvgIpc) is 2.92. The normalized spacial score (nSPS) is 17.6. The van der Waals surface area contributed by atoms with Crippen molar-refractivity contribution in [3.05, 3.63) is 35.5 Å². The Morgan fingerprint density at radius 3 is 2.79 bits per heavy atom. The standard InChI is InChI=1S/C21H27N3O4/c1-14-18(11-15-6-7-17(28-3)12-19(15)22-14)21(27)24-9-4-5-16(8-10-24)23(2)13-20(25)26/h6-7,11-12,16H,4-5,8-10,13H2,1-3H3,(H,25,26). The zero-order valence-electron chi connectivity index (χ0n) is 16.6. The van der Waals surface area contributed by atoms with Crippen molar-refractivity contribution in [3.8, 4) is 5.75 Å². The average molecular weight is 385 g/mol. The van der Waals surface area contributed by atoms with E-state index in [9.17, 15) is 9.59 Å². The summed E-state index contributed by atoms with van der Waals surface area (Å²) in [6.07, 6.45) is 2.52. The Morgan fingerprint density at radius 1 is 1.29 bits per heavy atom. The molecule has 2 heterocycles. The number of amides is 1. The maximum absolute atomic E-state index is 13.1. The van der Waals surface area contributed by atoms with E-state index in [1.807, 2.05) is 48.0 Å². The number of aryl methyl sites for hydroxylation is 1. The highest BCUT2D eigenvalue weighted by Crippen LogP contribution is 2.24. The van der Waals surface area contributed by atoms with Crippen LogP contribution in [0.15, 0.2) is 24.3 Å². The number of carboxylic acid groups (broad SMARTS) is 1. The quantitative estimate of drug-likeness (QED) is 0.852. The van der Waals surface area contributed by atoms with Crippen LogP contribution in [0.3, 0.4) is 0 Å². The molecule has 150 valence electrons. The number of carboxylic acids is 1. The molecule has 1 fully saturated rings. The molecule has 0 bridgehead atoms. The van der Waals surface area contributed by atoms with E-state index in [1.165, 1.54) is 0 Å². The number of aromatic nitrogens is 1. The lowest BCUT2D eigenvalue weighted by Gasteiger charge is -2.25. The molecule has 3 rings (SSSR count). The van der Waals surface area contributed by atoms with Crippen molar-refractivity contribution < 1.29 is 19.4 Å². The Morgan fingerprint density at radius 2 is 2.07 bits per heavy atom. The van der Waals surface area contributed by atoms with Gasteiger partial charge in [-0.15, -0.1) is 0 Å². The van der Waals surface area contributed by atoms with Gasteiger partial charge in [0.05, 0.1) is 30.4 Å². The number of fused-ring (bicyclic) bond motifs is 1. The second-order valence-corrected chi connectivity index (χ2v) is 7.37. The van der Waals surface area contributed by atoms with Gasteiger partial charge in [0.2, 0.25) is 0 Å². The topological polar surface area (TPSA) is 83.0 Å². The molecule has 1 aliphatic rings. The lowest BCUT2D eigenvalue weighted by molar-refractivity contribution is -0.138. The fourth-order valence-corrected chi connectivity index (χ4v) is 3.82. The smallest absolute Gasteiger partial charge is 0.317 e. The molecule has 0 aliphatic carbocycles. The third kappa shape index (κ3) is 4.42. The summed E-state index contributed by atoms with van der Waals surface area (Å²) in [4.78, 5) is 32.4. The third-order valence-corrected chi connectivity index (χ3v) is 5.44. The minimum atomic E-state index is -0.825. The van der Waals surface area contributed by atoms with Crippen molar-refractivity contribution in [2.24, 2.45) is 0 Å². The largest absolute Gasteiger partial charge is 0.497 e. The third-order valence-electron chi connectivity index (χ3n) is 5.44. The summed E-state index contributed by atoms with van der Waals surface area (Å²) in [6.45, 7) is 3.17. The highest BCUT2D eigenvalue weighted by atomic mass is 16.5. The van der Waals surface area contributed by atoms with Gasteiger partial charge in [0.15, 0.2) is 0 Å². The summed E-state index contributed by atoms with van der Waals surface area (Å²) in [5.41, 5.74) is 2.13. The van der Waals surface area contributed by atoms with E-state index in [4.69, 9.17) is 9.84 Å². The number of carbonyl (C=O) groups excluding carboxylic acids is 1. The maximum Gasteiger partial charge on any atom is 0.317 e. The number of hydrogen-bond donors (Lipinski definition) is 1. The number of rotatable bonds is 5. The highest BCUT2D eigenvalue weighted by Gasteiger charge is 2.25. The number of methoxy groups -OCH3 is 1. The number of carbonyl (C=O) groups is 2. The molecular formula is C21H27N3O4. The molecule has 1 atom stereocenters. The van der Waals surface area contributed by atoms with E-state index in [-0.39, 0.29) is 18.5 Å². The minimum absolute atomic E-state index is 0.00995. The van der Waals surface area contributed by atoms with E-state index in [2.05, 4.69) is 4.98 Å². The number of pyridine rings is 1. The summed E-state index contributed by atoms with van der Waals surface area (Å²) in [6, 6.07) is 7.72. The van der Waals surface area contributed by atoms with Crippen molar-refractivity contribution >= 4 is 22.8 Å². The van der Waals surface area contributed by atoms with Gasteiger partial charge in [-0.1, -0.05) is 0 Å². The second-order valence-electron chi connectivity index (χ2n) is 7.37. The van der Waals surface area contributed by atoms with Crippen molar-refractivity contribution in [2.45, 2.75) is 32.2 Å². The predicted molar refractivity (Wildman–Crippen MR) is 107 cm³/mol. The number of benzene rings is 1. The van der Waals surface area contributed by atoms with Crippen molar-refractivity contribution in [3.63, 3.8) is 0 Å². The van der Waals surface area contributed by atoms with Crippen LogP contribution in [0.1, 0.15) is 35.3 Å². The van der Waals surface area contributed by atoms with Crippen LogP contribution >= 0.6 is 0 Å². The van der Waals surface area contributed by atoms with Crippen LogP contribution in [0, 0.1) is 6.92 Å². The van der Waals surface area contributed by atoms with Crippen LogP contribution in [0.5, 0.6) is 5.75 Å².